The number of hydrogen-bond donors (Lipinski definition) is 1. The summed E-state index contributed by atoms with van der Waals surface area (Å²) in [7, 11) is 1.95. The molecule has 2 aromatic rings. The number of hydrogen-bond acceptors (Lipinski definition) is 3. The third-order valence-corrected chi connectivity index (χ3v) is 2.55. The summed E-state index contributed by atoms with van der Waals surface area (Å²) in [6.45, 7) is 4.61. The van der Waals surface area contributed by atoms with E-state index < -0.39 is 0 Å². The molecule has 0 fully saturated rings. The molecule has 0 atom stereocenters. The van der Waals surface area contributed by atoms with Crippen molar-refractivity contribution >= 4 is 0 Å². The molecule has 0 saturated carbocycles. The first-order valence-electron chi connectivity index (χ1n) is 5.49. The smallest absolute Gasteiger partial charge is 0.0762 e. The van der Waals surface area contributed by atoms with Gasteiger partial charge < -0.3 is 5.32 Å². The van der Waals surface area contributed by atoms with Crippen LogP contribution >= 0.6 is 0 Å². The maximum absolute atomic E-state index is 4.40. The monoisotopic (exact) mass is 219 g/mol. The maximum atomic E-state index is 4.40. The highest BCUT2D eigenvalue weighted by atomic mass is 15.3. The third kappa shape index (κ3) is 2.49. The van der Waals surface area contributed by atoms with Gasteiger partial charge in [0.15, 0.2) is 0 Å². The van der Waals surface area contributed by atoms with Gasteiger partial charge in [0, 0.05) is 39.1 Å². The topological polar surface area (TPSA) is 47.7 Å². The van der Waals surface area contributed by atoms with Crippen LogP contribution in [0, 0.1) is 0 Å². The Kier molecular flexibility index (Phi) is 3.36. The highest BCUT2D eigenvalue weighted by Crippen LogP contribution is 1.98. The van der Waals surface area contributed by atoms with Crippen molar-refractivity contribution in [2.75, 3.05) is 0 Å². The van der Waals surface area contributed by atoms with Crippen molar-refractivity contribution in [2.45, 2.75) is 26.6 Å². The molecule has 0 amide bonds. The van der Waals surface area contributed by atoms with E-state index >= 15 is 0 Å². The number of rotatable bonds is 5. The number of nitrogens with zero attached hydrogens (tertiary/aromatic N) is 4. The summed E-state index contributed by atoms with van der Waals surface area (Å²) >= 11 is 0. The van der Waals surface area contributed by atoms with Crippen LogP contribution in [0.4, 0.5) is 0 Å². The Labute approximate surface area is 95.1 Å². The second-order valence-corrected chi connectivity index (χ2v) is 3.71. The molecule has 0 radical (unpaired) electrons. The van der Waals surface area contributed by atoms with E-state index in [0.717, 1.165) is 25.3 Å². The average Bonchev–Trinajstić information content (AvgIpc) is 2.89. The molecule has 1 N–H and O–H groups in total. The molecule has 0 unspecified atom stereocenters. The molecule has 16 heavy (non-hydrogen) atoms. The highest BCUT2D eigenvalue weighted by Gasteiger charge is 2.00. The van der Waals surface area contributed by atoms with Gasteiger partial charge in [0.2, 0.25) is 0 Å². The van der Waals surface area contributed by atoms with Gasteiger partial charge in [-0.1, -0.05) is 0 Å². The number of aryl methyl sites for hydroxylation is 2. The van der Waals surface area contributed by atoms with E-state index in [1.165, 1.54) is 5.69 Å². The number of nitrogens with one attached hydrogen (secondary N) is 1. The summed E-state index contributed by atoms with van der Waals surface area (Å²) in [4.78, 5) is 0. The Morgan fingerprint density at radius 2 is 2.19 bits per heavy atom. The van der Waals surface area contributed by atoms with E-state index in [1.807, 2.05) is 40.9 Å². The van der Waals surface area contributed by atoms with Crippen LogP contribution in [-0.2, 0) is 26.7 Å². The molecule has 86 valence electrons. The van der Waals surface area contributed by atoms with Gasteiger partial charge in [-0.25, -0.2) is 0 Å². The highest BCUT2D eigenvalue weighted by molar-refractivity contribution is 5.01. The summed E-state index contributed by atoms with van der Waals surface area (Å²) in [6, 6.07) is 4.05. The quantitative estimate of drug-likeness (QED) is 0.813. The lowest BCUT2D eigenvalue weighted by molar-refractivity contribution is 0.598. The molecule has 5 nitrogen and oxygen atoms in total. The van der Waals surface area contributed by atoms with E-state index in [4.69, 9.17) is 0 Å². The molecular formula is C11H17N5. The summed E-state index contributed by atoms with van der Waals surface area (Å²) in [5.74, 6) is 0. The second-order valence-electron chi connectivity index (χ2n) is 3.71. The first-order valence-corrected chi connectivity index (χ1v) is 5.49. The molecule has 2 aromatic heterocycles. The van der Waals surface area contributed by atoms with Gasteiger partial charge in [-0.15, -0.1) is 0 Å². The van der Waals surface area contributed by atoms with Crippen LogP contribution < -0.4 is 5.32 Å². The summed E-state index contributed by atoms with van der Waals surface area (Å²) in [6.07, 6.45) is 3.81. The normalized spacial score (nSPS) is 10.9. The molecule has 0 spiro atoms. The minimum absolute atomic E-state index is 0.790. The maximum Gasteiger partial charge on any atom is 0.0762 e. The Bertz CT molecular complexity index is 443. The Balaban J connectivity index is 1.82. The first-order chi connectivity index (χ1) is 7.79. The minimum atomic E-state index is 0.790. The molecular weight excluding hydrogens is 202 g/mol. The van der Waals surface area contributed by atoms with Crippen LogP contribution in [-0.4, -0.2) is 19.6 Å². The molecule has 0 aliphatic carbocycles. The van der Waals surface area contributed by atoms with Crippen LogP contribution in [0.15, 0.2) is 24.5 Å². The molecule has 0 aliphatic heterocycles. The Morgan fingerprint density at radius 3 is 2.81 bits per heavy atom. The second kappa shape index (κ2) is 4.94. The van der Waals surface area contributed by atoms with Crippen LogP contribution in [0.2, 0.25) is 0 Å². The number of aromatic nitrogens is 4. The van der Waals surface area contributed by atoms with Crippen molar-refractivity contribution in [3.63, 3.8) is 0 Å². The fraction of sp³-hybridized carbons (Fsp3) is 0.455. The van der Waals surface area contributed by atoms with Gasteiger partial charge in [0.1, 0.15) is 0 Å². The summed E-state index contributed by atoms with van der Waals surface area (Å²) in [5, 5.41) is 11.9. The van der Waals surface area contributed by atoms with Crippen molar-refractivity contribution in [1.82, 2.24) is 24.9 Å². The van der Waals surface area contributed by atoms with E-state index in [1.54, 1.807) is 0 Å². The van der Waals surface area contributed by atoms with E-state index in [-0.39, 0.29) is 0 Å². The fourth-order valence-electron chi connectivity index (χ4n) is 1.57. The van der Waals surface area contributed by atoms with E-state index in [0.29, 0.717) is 0 Å². The van der Waals surface area contributed by atoms with Gasteiger partial charge in [-0.05, 0) is 19.1 Å². The predicted molar refractivity (Wildman–Crippen MR) is 61.7 cm³/mol. The van der Waals surface area contributed by atoms with Crippen molar-refractivity contribution in [2.24, 2.45) is 7.05 Å². The largest absolute Gasteiger partial charge is 0.305 e. The predicted octanol–water partition coefficient (Wildman–Crippen LogP) is 0.926. The van der Waals surface area contributed by atoms with Crippen molar-refractivity contribution in [3.8, 4) is 0 Å². The molecule has 0 aliphatic rings. The lowest BCUT2D eigenvalue weighted by Gasteiger charge is -2.03. The minimum Gasteiger partial charge on any atom is -0.305 e. The third-order valence-electron chi connectivity index (χ3n) is 2.55. The van der Waals surface area contributed by atoms with Crippen LogP contribution in [0.1, 0.15) is 18.3 Å². The molecule has 0 bridgehead atoms. The van der Waals surface area contributed by atoms with Gasteiger partial charge >= 0.3 is 0 Å². The van der Waals surface area contributed by atoms with Crippen molar-refractivity contribution < 1.29 is 0 Å². The average molecular weight is 219 g/mol. The zero-order valence-corrected chi connectivity index (χ0v) is 9.72. The molecule has 0 saturated heterocycles. The van der Waals surface area contributed by atoms with E-state index in [2.05, 4.69) is 22.4 Å². The van der Waals surface area contributed by atoms with Gasteiger partial charge in [-0.3, -0.25) is 9.36 Å². The zero-order valence-electron chi connectivity index (χ0n) is 9.72. The van der Waals surface area contributed by atoms with Gasteiger partial charge in [0.25, 0.3) is 0 Å². The molecule has 0 aromatic carbocycles. The standard InChI is InChI=1S/C11H17N5/c1-3-16-7-5-10(14-16)8-12-9-11-4-6-13-15(11)2/h4-7,12H,3,8-9H2,1-2H3. The SMILES string of the molecule is CCn1ccc(CNCc2ccnn2C)n1. The van der Waals surface area contributed by atoms with Crippen LogP contribution in [0.5, 0.6) is 0 Å². The fourth-order valence-corrected chi connectivity index (χ4v) is 1.57. The lowest BCUT2D eigenvalue weighted by atomic mass is 10.4. The van der Waals surface area contributed by atoms with Crippen molar-refractivity contribution in [3.05, 3.63) is 35.9 Å². The summed E-state index contributed by atoms with van der Waals surface area (Å²) in [5.41, 5.74) is 2.25. The molecule has 5 heteroatoms. The van der Waals surface area contributed by atoms with Crippen LogP contribution in [0.3, 0.4) is 0 Å². The molecule has 2 rings (SSSR count). The first kappa shape index (κ1) is 10.9. The Hall–Kier alpha value is -1.62. The van der Waals surface area contributed by atoms with Gasteiger partial charge in [-0.2, -0.15) is 10.2 Å². The Morgan fingerprint density at radius 1 is 1.31 bits per heavy atom. The van der Waals surface area contributed by atoms with Crippen LogP contribution in [0.25, 0.3) is 0 Å². The van der Waals surface area contributed by atoms with Gasteiger partial charge in [0.05, 0.1) is 11.4 Å². The molecule has 2 heterocycles. The summed E-state index contributed by atoms with van der Waals surface area (Å²) < 4.78 is 3.80. The zero-order chi connectivity index (χ0) is 11.4. The van der Waals surface area contributed by atoms with E-state index in [9.17, 15) is 0 Å². The lowest BCUT2D eigenvalue weighted by Crippen LogP contribution is -2.15. The van der Waals surface area contributed by atoms with Crippen molar-refractivity contribution in [1.29, 1.82) is 0 Å².